The quantitative estimate of drug-likeness (QED) is 0.427. The topological polar surface area (TPSA) is 87.7 Å². The van der Waals surface area contributed by atoms with Crippen molar-refractivity contribution >= 4 is 11.8 Å². The molecule has 9 heteroatoms. The number of methoxy groups -OCH3 is 1. The van der Waals surface area contributed by atoms with Crippen LogP contribution in [0.3, 0.4) is 0 Å². The summed E-state index contributed by atoms with van der Waals surface area (Å²) in [6.45, 7) is 9.01. The molecule has 3 aliphatic rings. The number of benzene rings is 2. The Hall–Kier alpha value is -3.27. The van der Waals surface area contributed by atoms with Crippen molar-refractivity contribution in [2.24, 2.45) is 0 Å². The van der Waals surface area contributed by atoms with Gasteiger partial charge in [0.05, 0.1) is 18.8 Å². The highest BCUT2D eigenvalue weighted by Crippen LogP contribution is 2.52. The number of carbonyl (C=O) groups is 1. The summed E-state index contributed by atoms with van der Waals surface area (Å²) < 4.78 is 34.6. The smallest absolute Gasteiger partial charge is 0.414 e. The predicted octanol–water partition coefficient (Wildman–Crippen LogP) is 4.31. The minimum atomic E-state index is -0.807. The maximum absolute atomic E-state index is 13.4. The normalized spacial score (nSPS) is 23.1. The van der Waals surface area contributed by atoms with E-state index < -0.39 is 11.9 Å². The number of nitrogens with zero attached hydrogens (tertiary/aromatic N) is 1. The van der Waals surface area contributed by atoms with Gasteiger partial charge >= 0.3 is 6.09 Å². The van der Waals surface area contributed by atoms with E-state index in [4.69, 9.17) is 28.4 Å². The molecular formula is C27H32N2O7. The van der Waals surface area contributed by atoms with E-state index in [1.54, 1.807) is 18.1 Å². The van der Waals surface area contributed by atoms with Gasteiger partial charge in [-0.05, 0) is 50.6 Å². The molecule has 0 unspecified atom stereocenters. The third-order valence-corrected chi connectivity index (χ3v) is 6.55. The minimum Gasteiger partial charge on any atom is -0.497 e. The Bertz CT molecular complexity index is 1120. The van der Waals surface area contributed by atoms with Crippen LogP contribution in [0, 0.1) is 0 Å². The molecular weight excluding hydrogens is 464 g/mol. The van der Waals surface area contributed by atoms with Gasteiger partial charge in [-0.25, -0.2) is 4.79 Å². The van der Waals surface area contributed by atoms with Crippen LogP contribution in [-0.4, -0.2) is 51.1 Å². The van der Waals surface area contributed by atoms with Crippen LogP contribution in [0.2, 0.25) is 0 Å². The zero-order valence-electron chi connectivity index (χ0n) is 20.8. The van der Waals surface area contributed by atoms with E-state index >= 15 is 0 Å². The lowest BCUT2D eigenvalue weighted by molar-refractivity contribution is -0.147. The second-order valence-corrected chi connectivity index (χ2v) is 9.40. The minimum absolute atomic E-state index is 0.106. The molecule has 3 atom stereocenters. The van der Waals surface area contributed by atoms with E-state index in [-0.39, 0.29) is 31.6 Å². The molecule has 1 saturated heterocycles. The SMILES string of the molecule is C=CCOC(=O)N1c2cc3c(cc2[C@@H]2OC(C)(C)O[C@H]2[C@@H]1CCNCc1ccc(OC)cc1)OCO3. The van der Waals surface area contributed by atoms with Crippen LogP contribution in [0.25, 0.3) is 0 Å². The van der Waals surface area contributed by atoms with Crippen LogP contribution in [0.1, 0.15) is 37.5 Å². The van der Waals surface area contributed by atoms with Crippen molar-refractivity contribution in [3.63, 3.8) is 0 Å². The molecule has 2 aromatic carbocycles. The Morgan fingerprint density at radius 2 is 1.94 bits per heavy atom. The summed E-state index contributed by atoms with van der Waals surface area (Å²) in [5.74, 6) is 1.22. The van der Waals surface area contributed by atoms with E-state index in [9.17, 15) is 4.79 Å². The first-order valence-corrected chi connectivity index (χ1v) is 12.1. The first-order chi connectivity index (χ1) is 17.4. The summed E-state index contributed by atoms with van der Waals surface area (Å²) in [7, 11) is 1.65. The lowest BCUT2D eigenvalue weighted by Gasteiger charge is -2.41. The molecule has 1 fully saturated rings. The summed E-state index contributed by atoms with van der Waals surface area (Å²) >= 11 is 0. The molecule has 0 radical (unpaired) electrons. The Kier molecular flexibility index (Phi) is 6.79. The van der Waals surface area contributed by atoms with Crippen molar-refractivity contribution in [3.8, 4) is 17.2 Å². The number of hydrogen-bond acceptors (Lipinski definition) is 8. The predicted molar refractivity (Wildman–Crippen MR) is 132 cm³/mol. The van der Waals surface area contributed by atoms with Crippen molar-refractivity contribution in [2.75, 3.05) is 32.0 Å². The van der Waals surface area contributed by atoms with Crippen LogP contribution in [0.5, 0.6) is 17.2 Å². The van der Waals surface area contributed by atoms with Gasteiger partial charge in [-0.2, -0.15) is 0 Å². The molecule has 0 spiro atoms. The maximum Gasteiger partial charge on any atom is 0.414 e. The fraction of sp³-hybridized carbons (Fsp3) is 0.444. The largest absolute Gasteiger partial charge is 0.497 e. The van der Waals surface area contributed by atoms with Crippen molar-refractivity contribution < 1.29 is 33.2 Å². The van der Waals surface area contributed by atoms with Crippen LogP contribution < -0.4 is 24.4 Å². The lowest BCUT2D eigenvalue weighted by Crippen LogP contribution is -2.53. The molecule has 5 rings (SSSR count). The molecule has 192 valence electrons. The van der Waals surface area contributed by atoms with Crippen molar-refractivity contribution in [1.29, 1.82) is 0 Å². The lowest BCUT2D eigenvalue weighted by atomic mass is 9.88. The van der Waals surface area contributed by atoms with Crippen LogP contribution >= 0.6 is 0 Å². The van der Waals surface area contributed by atoms with Crippen LogP contribution in [-0.2, 0) is 20.8 Å². The molecule has 1 N–H and O–H groups in total. The van der Waals surface area contributed by atoms with Gasteiger partial charge in [0, 0.05) is 18.2 Å². The molecule has 0 saturated carbocycles. The summed E-state index contributed by atoms with van der Waals surface area (Å²) in [6.07, 6.45) is 0.955. The van der Waals surface area contributed by atoms with E-state index in [1.807, 2.05) is 50.2 Å². The standard InChI is InChI=1S/C27H32N2O7/c1-5-12-32-26(30)29-20(10-11-28-15-17-6-8-18(31-4)9-7-17)25-24(35-27(2,3)36-25)19-13-22-23(14-21(19)29)34-16-33-22/h5-9,13-14,20,24-25,28H,1,10-12,15-16H2,2-4H3/t20-,24-,25-/m0/s1. The fourth-order valence-electron chi connectivity index (χ4n) is 4.97. The molecule has 0 aliphatic carbocycles. The first kappa shape index (κ1) is 24.4. The number of fused-ring (bicyclic) bond motifs is 4. The number of hydrogen-bond donors (Lipinski definition) is 1. The highest BCUT2D eigenvalue weighted by atomic mass is 16.8. The zero-order chi connectivity index (χ0) is 25.3. The Labute approximate surface area is 210 Å². The Morgan fingerprint density at radius 3 is 2.67 bits per heavy atom. The molecule has 3 aliphatic heterocycles. The molecule has 2 aromatic rings. The maximum atomic E-state index is 13.4. The molecule has 0 aromatic heterocycles. The molecule has 3 heterocycles. The van der Waals surface area contributed by atoms with Gasteiger partial charge in [-0.3, -0.25) is 4.90 Å². The number of ether oxygens (including phenoxy) is 6. The van der Waals surface area contributed by atoms with Crippen molar-refractivity contribution in [3.05, 3.63) is 60.2 Å². The summed E-state index contributed by atoms with van der Waals surface area (Å²) in [4.78, 5) is 15.0. The summed E-state index contributed by atoms with van der Waals surface area (Å²) in [6, 6.07) is 11.3. The van der Waals surface area contributed by atoms with E-state index in [1.165, 1.54) is 0 Å². The number of carbonyl (C=O) groups excluding carboxylic acids is 1. The number of rotatable bonds is 8. The summed E-state index contributed by atoms with van der Waals surface area (Å²) in [5, 5.41) is 3.48. The van der Waals surface area contributed by atoms with Crippen molar-refractivity contribution in [2.45, 2.75) is 50.8 Å². The zero-order valence-corrected chi connectivity index (χ0v) is 20.8. The fourth-order valence-corrected chi connectivity index (χ4v) is 4.97. The Balaban J connectivity index is 1.41. The van der Waals surface area contributed by atoms with Gasteiger partial charge in [0.15, 0.2) is 17.3 Å². The number of nitrogens with one attached hydrogen (secondary N) is 1. The highest BCUT2D eigenvalue weighted by molar-refractivity contribution is 5.91. The Morgan fingerprint density at radius 1 is 1.19 bits per heavy atom. The van der Waals surface area contributed by atoms with Crippen LogP contribution in [0.15, 0.2) is 49.1 Å². The monoisotopic (exact) mass is 496 g/mol. The average molecular weight is 497 g/mol. The molecule has 1 amide bonds. The van der Waals surface area contributed by atoms with Crippen LogP contribution in [0.4, 0.5) is 10.5 Å². The molecule has 36 heavy (non-hydrogen) atoms. The van der Waals surface area contributed by atoms with E-state index in [2.05, 4.69) is 11.9 Å². The van der Waals surface area contributed by atoms with Gasteiger partial charge < -0.3 is 33.7 Å². The number of anilines is 1. The van der Waals surface area contributed by atoms with E-state index in [0.717, 1.165) is 16.9 Å². The first-order valence-electron chi connectivity index (χ1n) is 12.1. The van der Waals surface area contributed by atoms with Gasteiger partial charge in [0.2, 0.25) is 6.79 Å². The highest BCUT2D eigenvalue weighted by Gasteiger charge is 2.53. The second-order valence-electron chi connectivity index (χ2n) is 9.40. The molecule has 9 nitrogen and oxygen atoms in total. The number of amides is 1. The molecule has 0 bridgehead atoms. The third-order valence-electron chi connectivity index (χ3n) is 6.55. The summed E-state index contributed by atoms with van der Waals surface area (Å²) in [5.41, 5.74) is 2.63. The van der Waals surface area contributed by atoms with E-state index in [0.29, 0.717) is 36.7 Å². The van der Waals surface area contributed by atoms with Gasteiger partial charge in [-0.15, -0.1) is 0 Å². The average Bonchev–Trinajstić information content (AvgIpc) is 3.46. The van der Waals surface area contributed by atoms with Gasteiger partial charge in [0.1, 0.15) is 24.6 Å². The van der Waals surface area contributed by atoms with Gasteiger partial charge in [-0.1, -0.05) is 24.8 Å². The van der Waals surface area contributed by atoms with Gasteiger partial charge in [0.25, 0.3) is 0 Å². The third kappa shape index (κ3) is 4.74. The second kappa shape index (κ2) is 10.0. The van der Waals surface area contributed by atoms with Crippen molar-refractivity contribution in [1.82, 2.24) is 5.32 Å².